The summed E-state index contributed by atoms with van der Waals surface area (Å²) in [6.45, 7) is 10.5. The molecular formula is C28H37NO9. The maximum Gasteiger partial charge on any atom is 0.340 e. The number of ether oxygens (including phenoxy) is 4. The average Bonchev–Trinajstić information content (AvgIpc) is 3.18. The first-order valence-electron chi connectivity index (χ1n) is 13.1. The second kappa shape index (κ2) is 10.2. The van der Waals surface area contributed by atoms with Gasteiger partial charge in [0.05, 0.1) is 17.6 Å². The smallest absolute Gasteiger partial charge is 0.340 e. The molecule has 2 fully saturated rings. The molecule has 6 atom stereocenters. The third-order valence-electron chi connectivity index (χ3n) is 8.96. The van der Waals surface area contributed by atoms with Crippen molar-refractivity contribution in [3.05, 3.63) is 34.3 Å². The molecule has 0 radical (unpaired) electrons. The molecule has 4 rings (SSSR count). The van der Waals surface area contributed by atoms with E-state index in [0.29, 0.717) is 50.0 Å². The SMILES string of the molecule is CCN(/C=C1/C(=O)O[C@H](COC)[C@@]2(C)C1=C(O)C(=O)C1=C2[C@H](OC(C)=O)C[C@@]2(C)C1CC[C@@H]2OC=O)CC. The van der Waals surface area contributed by atoms with E-state index in [1.54, 1.807) is 13.1 Å². The van der Waals surface area contributed by atoms with Crippen molar-refractivity contribution in [2.75, 3.05) is 26.8 Å². The summed E-state index contributed by atoms with van der Waals surface area (Å²) >= 11 is 0. The number of allylic oxidation sites excluding steroid dienone is 1. The van der Waals surface area contributed by atoms with Crippen LogP contribution in [0.25, 0.3) is 0 Å². The van der Waals surface area contributed by atoms with Crippen LogP contribution in [0.3, 0.4) is 0 Å². The molecule has 1 N–H and O–H groups in total. The fourth-order valence-corrected chi connectivity index (χ4v) is 7.13. The Morgan fingerprint density at radius 2 is 1.89 bits per heavy atom. The number of aliphatic hydroxyl groups excluding tert-OH is 1. The Hall–Kier alpha value is -3.14. The predicted octanol–water partition coefficient (Wildman–Crippen LogP) is 2.77. The number of ketones is 1. The molecular weight excluding hydrogens is 494 g/mol. The van der Waals surface area contributed by atoms with Gasteiger partial charge in [0.25, 0.3) is 6.47 Å². The maximum atomic E-state index is 14.0. The van der Waals surface area contributed by atoms with Gasteiger partial charge < -0.3 is 29.0 Å². The number of fused-ring (bicyclic) bond motifs is 4. The van der Waals surface area contributed by atoms with E-state index in [0.717, 1.165) is 0 Å². The van der Waals surface area contributed by atoms with E-state index in [9.17, 15) is 24.3 Å². The lowest BCUT2D eigenvalue weighted by molar-refractivity contribution is -0.161. The molecule has 0 aromatic rings. The molecule has 1 aliphatic heterocycles. The van der Waals surface area contributed by atoms with Crippen LogP contribution in [0.15, 0.2) is 34.3 Å². The number of cyclic esters (lactones) is 1. The minimum Gasteiger partial charge on any atom is -0.504 e. The van der Waals surface area contributed by atoms with Gasteiger partial charge in [0.15, 0.2) is 5.76 Å². The second-order valence-corrected chi connectivity index (χ2v) is 10.9. The maximum absolute atomic E-state index is 14.0. The van der Waals surface area contributed by atoms with E-state index in [-0.39, 0.29) is 23.7 Å². The van der Waals surface area contributed by atoms with Gasteiger partial charge in [-0.05, 0) is 51.5 Å². The average molecular weight is 532 g/mol. The van der Waals surface area contributed by atoms with E-state index in [2.05, 4.69) is 0 Å². The quantitative estimate of drug-likeness (QED) is 0.216. The Bertz CT molecular complexity index is 1130. The minimum atomic E-state index is -1.22. The molecule has 1 saturated heterocycles. The molecule has 3 aliphatic carbocycles. The van der Waals surface area contributed by atoms with Crippen molar-refractivity contribution in [1.29, 1.82) is 0 Å². The molecule has 1 saturated carbocycles. The summed E-state index contributed by atoms with van der Waals surface area (Å²) in [5.41, 5.74) is -0.825. The molecule has 0 aromatic carbocycles. The van der Waals surface area contributed by atoms with Crippen LogP contribution in [0.2, 0.25) is 0 Å². The summed E-state index contributed by atoms with van der Waals surface area (Å²) < 4.78 is 22.6. The highest BCUT2D eigenvalue weighted by Crippen LogP contribution is 2.63. The Balaban J connectivity index is 2.01. The Kier molecular flexibility index (Phi) is 7.49. The lowest BCUT2D eigenvalue weighted by Crippen LogP contribution is -2.57. The number of rotatable bonds is 8. The Labute approximate surface area is 222 Å². The van der Waals surface area contributed by atoms with E-state index in [4.69, 9.17) is 18.9 Å². The number of Topliss-reactive ketones (excluding diaryl/α,β-unsaturated/α-hetero) is 1. The number of carbonyl (C=O) groups excluding carboxylic acids is 4. The first-order valence-corrected chi connectivity index (χ1v) is 13.1. The topological polar surface area (TPSA) is 129 Å². The van der Waals surface area contributed by atoms with Crippen molar-refractivity contribution < 1.29 is 43.2 Å². The number of nitrogens with zero attached hydrogens (tertiary/aromatic N) is 1. The summed E-state index contributed by atoms with van der Waals surface area (Å²) in [5, 5.41) is 11.5. The molecule has 0 bridgehead atoms. The van der Waals surface area contributed by atoms with Crippen molar-refractivity contribution >= 4 is 24.2 Å². The van der Waals surface area contributed by atoms with Crippen LogP contribution in [0.4, 0.5) is 0 Å². The molecule has 208 valence electrons. The number of aliphatic hydroxyl groups is 1. The molecule has 38 heavy (non-hydrogen) atoms. The zero-order valence-electron chi connectivity index (χ0n) is 22.9. The molecule has 0 aromatic heterocycles. The van der Waals surface area contributed by atoms with Gasteiger partial charge in [-0.15, -0.1) is 0 Å². The second-order valence-electron chi connectivity index (χ2n) is 10.9. The summed E-state index contributed by atoms with van der Waals surface area (Å²) in [6.07, 6.45) is 0.732. The highest BCUT2D eigenvalue weighted by atomic mass is 16.6. The third-order valence-corrected chi connectivity index (χ3v) is 8.96. The van der Waals surface area contributed by atoms with Gasteiger partial charge in [-0.1, -0.05) is 6.92 Å². The van der Waals surface area contributed by atoms with Gasteiger partial charge in [0.1, 0.15) is 18.3 Å². The van der Waals surface area contributed by atoms with Gasteiger partial charge in [-0.2, -0.15) is 0 Å². The number of carbonyl (C=O) groups is 4. The fourth-order valence-electron chi connectivity index (χ4n) is 7.13. The first-order chi connectivity index (χ1) is 18.0. The van der Waals surface area contributed by atoms with Gasteiger partial charge >= 0.3 is 11.9 Å². The van der Waals surface area contributed by atoms with Crippen molar-refractivity contribution in [1.82, 2.24) is 4.90 Å². The summed E-state index contributed by atoms with van der Waals surface area (Å²) in [5.74, 6) is -2.70. The molecule has 0 amide bonds. The normalized spacial score (nSPS) is 35.4. The van der Waals surface area contributed by atoms with Crippen LogP contribution in [0.5, 0.6) is 0 Å². The molecule has 10 nitrogen and oxygen atoms in total. The molecule has 4 aliphatic rings. The van der Waals surface area contributed by atoms with Crippen LogP contribution in [-0.2, 0) is 38.1 Å². The van der Waals surface area contributed by atoms with Crippen LogP contribution >= 0.6 is 0 Å². The van der Waals surface area contributed by atoms with E-state index in [1.165, 1.54) is 14.0 Å². The van der Waals surface area contributed by atoms with E-state index in [1.807, 2.05) is 25.7 Å². The van der Waals surface area contributed by atoms with Crippen molar-refractivity contribution in [2.24, 2.45) is 16.7 Å². The van der Waals surface area contributed by atoms with Crippen LogP contribution in [-0.4, -0.2) is 79.3 Å². The van der Waals surface area contributed by atoms with Gasteiger partial charge in [-0.3, -0.25) is 14.4 Å². The van der Waals surface area contributed by atoms with Crippen molar-refractivity contribution in [3.63, 3.8) is 0 Å². The molecule has 10 heteroatoms. The molecule has 1 unspecified atom stereocenters. The van der Waals surface area contributed by atoms with E-state index < -0.39 is 52.6 Å². The highest BCUT2D eigenvalue weighted by molar-refractivity contribution is 6.13. The number of esters is 2. The lowest BCUT2D eigenvalue weighted by atomic mass is 9.53. The minimum absolute atomic E-state index is 0.00581. The summed E-state index contributed by atoms with van der Waals surface area (Å²) in [6, 6.07) is 0. The largest absolute Gasteiger partial charge is 0.504 e. The fraction of sp³-hybridized carbons (Fsp3) is 0.643. The van der Waals surface area contributed by atoms with Gasteiger partial charge in [0.2, 0.25) is 5.78 Å². The van der Waals surface area contributed by atoms with E-state index >= 15 is 0 Å². The van der Waals surface area contributed by atoms with Crippen molar-refractivity contribution in [2.45, 2.75) is 72.2 Å². The van der Waals surface area contributed by atoms with Crippen LogP contribution in [0, 0.1) is 16.7 Å². The summed E-state index contributed by atoms with van der Waals surface area (Å²) in [7, 11) is 1.48. The Morgan fingerprint density at radius 3 is 2.47 bits per heavy atom. The van der Waals surface area contributed by atoms with Crippen molar-refractivity contribution in [3.8, 4) is 0 Å². The third kappa shape index (κ3) is 4.04. The number of hydrogen-bond donors (Lipinski definition) is 1. The number of hydrogen-bond acceptors (Lipinski definition) is 10. The van der Waals surface area contributed by atoms with Gasteiger partial charge in [0, 0.05) is 49.9 Å². The standard InChI is InChI=1S/C28H37NO9/c1-7-29(8-2)12-16-22-25(33)24(32)21-17-9-10-19(36-14-30)27(17,4)11-18(37-15(3)31)23(21)28(22,5)20(13-35-6)38-26(16)34/h12,14,17-20,33H,7-11,13H2,1-6H3/b16-12+/t17?,18-,19+,20-,27+,28+/m1/s1. The molecule has 1 heterocycles. The Morgan fingerprint density at radius 1 is 1.21 bits per heavy atom. The molecule has 0 spiro atoms. The monoisotopic (exact) mass is 531 g/mol. The van der Waals surface area contributed by atoms with Gasteiger partial charge in [-0.25, -0.2) is 4.79 Å². The van der Waals surface area contributed by atoms with Crippen LogP contribution < -0.4 is 0 Å². The summed E-state index contributed by atoms with van der Waals surface area (Å²) in [4.78, 5) is 52.8. The highest BCUT2D eigenvalue weighted by Gasteiger charge is 2.65. The first kappa shape index (κ1) is 27.9. The zero-order chi connectivity index (χ0) is 28.0. The lowest BCUT2D eigenvalue weighted by Gasteiger charge is -2.54. The zero-order valence-corrected chi connectivity index (χ0v) is 22.9. The predicted molar refractivity (Wildman–Crippen MR) is 134 cm³/mol. The van der Waals surface area contributed by atoms with Crippen LogP contribution in [0.1, 0.15) is 53.9 Å². The number of methoxy groups -OCH3 is 1.